The number of rotatable bonds is 6. The summed E-state index contributed by atoms with van der Waals surface area (Å²) in [5.41, 5.74) is 1.33. The number of guanidine groups is 1. The van der Waals surface area contributed by atoms with Crippen LogP contribution in [-0.2, 0) is 10.2 Å². The lowest BCUT2D eigenvalue weighted by Crippen LogP contribution is -2.41. The molecule has 1 atom stereocenters. The van der Waals surface area contributed by atoms with Gasteiger partial charge < -0.3 is 15.4 Å². The number of aliphatic imine (C=N–C) groups is 1. The van der Waals surface area contributed by atoms with Crippen molar-refractivity contribution >= 4 is 5.96 Å². The minimum atomic E-state index is 0.0213. The number of hydrogen-bond donors (Lipinski definition) is 2. The normalized spacial score (nSPS) is 19.2. The second-order valence-electron chi connectivity index (χ2n) is 6.46. The fraction of sp³-hybridized carbons (Fsp3) is 0.611. The zero-order valence-corrected chi connectivity index (χ0v) is 14.1. The molecule has 1 fully saturated rings. The van der Waals surface area contributed by atoms with E-state index in [2.05, 4.69) is 61.7 Å². The predicted octanol–water partition coefficient (Wildman–Crippen LogP) is 2.70. The highest BCUT2D eigenvalue weighted by atomic mass is 16.5. The van der Waals surface area contributed by atoms with Crippen LogP contribution in [0.3, 0.4) is 0 Å². The Morgan fingerprint density at radius 3 is 2.68 bits per heavy atom. The van der Waals surface area contributed by atoms with Crippen molar-refractivity contribution in [2.45, 2.75) is 45.1 Å². The first-order valence-electron chi connectivity index (χ1n) is 8.31. The number of ether oxygens (including phenoxy) is 1. The second kappa shape index (κ2) is 8.18. The average molecular weight is 303 g/mol. The highest BCUT2D eigenvalue weighted by Gasteiger charge is 2.20. The van der Waals surface area contributed by atoms with Gasteiger partial charge in [-0.3, -0.25) is 4.99 Å². The van der Waals surface area contributed by atoms with E-state index < -0.39 is 0 Å². The first kappa shape index (κ1) is 16.8. The van der Waals surface area contributed by atoms with E-state index >= 15 is 0 Å². The molecule has 0 aliphatic carbocycles. The molecule has 0 spiro atoms. The standard InChI is InChI=1S/C18H29N3O/c1-4-19-17(20-13-16-11-8-12-22-16)21-14-18(2,3)15-9-6-5-7-10-15/h5-7,9-10,16H,4,8,11-14H2,1-3H3,(H2,19,20,21). The van der Waals surface area contributed by atoms with E-state index in [9.17, 15) is 0 Å². The van der Waals surface area contributed by atoms with Gasteiger partial charge in [-0.25, -0.2) is 0 Å². The molecule has 1 aromatic rings. The summed E-state index contributed by atoms with van der Waals surface area (Å²) in [6, 6.07) is 10.6. The summed E-state index contributed by atoms with van der Waals surface area (Å²) < 4.78 is 5.65. The van der Waals surface area contributed by atoms with Gasteiger partial charge in [-0.2, -0.15) is 0 Å². The molecule has 0 radical (unpaired) electrons. The van der Waals surface area contributed by atoms with Crippen LogP contribution in [0, 0.1) is 0 Å². The van der Waals surface area contributed by atoms with Crippen molar-refractivity contribution in [3.8, 4) is 0 Å². The van der Waals surface area contributed by atoms with Gasteiger partial charge >= 0.3 is 0 Å². The smallest absolute Gasteiger partial charge is 0.191 e. The van der Waals surface area contributed by atoms with Crippen LogP contribution < -0.4 is 10.6 Å². The molecule has 4 nitrogen and oxygen atoms in total. The van der Waals surface area contributed by atoms with Crippen LogP contribution in [0.4, 0.5) is 0 Å². The fourth-order valence-electron chi connectivity index (χ4n) is 2.61. The number of benzene rings is 1. The molecule has 0 amide bonds. The minimum absolute atomic E-state index is 0.0213. The van der Waals surface area contributed by atoms with E-state index in [4.69, 9.17) is 9.73 Å². The molecule has 1 aliphatic heterocycles. The Kier molecular flexibility index (Phi) is 6.25. The Balaban J connectivity index is 1.93. The van der Waals surface area contributed by atoms with Crippen molar-refractivity contribution in [3.05, 3.63) is 35.9 Å². The molecule has 22 heavy (non-hydrogen) atoms. The molecule has 0 saturated carbocycles. The molecule has 122 valence electrons. The summed E-state index contributed by atoms with van der Waals surface area (Å²) in [7, 11) is 0. The maximum Gasteiger partial charge on any atom is 0.191 e. The Morgan fingerprint density at radius 2 is 2.05 bits per heavy atom. The molecule has 4 heteroatoms. The third-order valence-corrected chi connectivity index (χ3v) is 4.05. The zero-order chi connectivity index (χ0) is 15.8. The van der Waals surface area contributed by atoms with Crippen molar-refractivity contribution in [1.82, 2.24) is 10.6 Å². The molecule has 0 bridgehead atoms. The molecule has 1 saturated heterocycles. The molecule has 1 aromatic carbocycles. The lowest BCUT2D eigenvalue weighted by atomic mass is 9.85. The van der Waals surface area contributed by atoms with Gasteiger partial charge in [0.15, 0.2) is 5.96 Å². The number of hydrogen-bond acceptors (Lipinski definition) is 2. The predicted molar refractivity (Wildman–Crippen MR) is 92.4 cm³/mol. The van der Waals surface area contributed by atoms with Crippen LogP contribution in [0.5, 0.6) is 0 Å². The summed E-state index contributed by atoms with van der Waals surface area (Å²) in [6.45, 7) is 9.89. The molecule has 1 unspecified atom stereocenters. The van der Waals surface area contributed by atoms with Gasteiger partial charge in [0.2, 0.25) is 0 Å². The van der Waals surface area contributed by atoms with Crippen molar-refractivity contribution in [2.75, 3.05) is 26.2 Å². The van der Waals surface area contributed by atoms with Gasteiger partial charge in [0.1, 0.15) is 0 Å². The van der Waals surface area contributed by atoms with E-state index in [1.54, 1.807) is 0 Å². The van der Waals surface area contributed by atoms with Gasteiger partial charge in [0.25, 0.3) is 0 Å². The molecule has 1 heterocycles. The summed E-state index contributed by atoms with van der Waals surface area (Å²) in [5, 5.41) is 6.71. The van der Waals surface area contributed by atoms with E-state index in [1.807, 2.05) is 0 Å². The molecule has 2 rings (SSSR count). The number of nitrogens with zero attached hydrogens (tertiary/aromatic N) is 1. The van der Waals surface area contributed by atoms with E-state index in [-0.39, 0.29) is 5.41 Å². The largest absolute Gasteiger partial charge is 0.376 e. The van der Waals surface area contributed by atoms with Crippen molar-refractivity contribution in [1.29, 1.82) is 0 Å². The van der Waals surface area contributed by atoms with Crippen LogP contribution in [-0.4, -0.2) is 38.3 Å². The lowest BCUT2D eigenvalue weighted by molar-refractivity contribution is 0.114. The number of nitrogens with one attached hydrogen (secondary N) is 2. The lowest BCUT2D eigenvalue weighted by Gasteiger charge is -2.24. The third-order valence-electron chi connectivity index (χ3n) is 4.05. The molecular weight excluding hydrogens is 274 g/mol. The summed E-state index contributed by atoms with van der Waals surface area (Å²) in [4.78, 5) is 4.76. The Morgan fingerprint density at radius 1 is 1.27 bits per heavy atom. The minimum Gasteiger partial charge on any atom is -0.376 e. The van der Waals surface area contributed by atoms with Gasteiger partial charge in [-0.15, -0.1) is 0 Å². The summed E-state index contributed by atoms with van der Waals surface area (Å²) in [5.74, 6) is 0.877. The van der Waals surface area contributed by atoms with E-state index in [1.165, 1.54) is 12.0 Å². The van der Waals surface area contributed by atoms with Gasteiger partial charge in [0, 0.05) is 25.1 Å². The third kappa shape index (κ3) is 5.02. The first-order valence-corrected chi connectivity index (χ1v) is 8.31. The Labute approximate surface area is 134 Å². The van der Waals surface area contributed by atoms with E-state index in [0.717, 1.165) is 38.6 Å². The van der Waals surface area contributed by atoms with Gasteiger partial charge in [-0.05, 0) is 25.3 Å². The maximum absolute atomic E-state index is 5.65. The molecule has 2 N–H and O–H groups in total. The monoisotopic (exact) mass is 303 g/mol. The quantitative estimate of drug-likeness (QED) is 0.627. The SMILES string of the molecule is CCNC(=NCC(C)(C)c1ccccc1)NCC1CCCO1. The maximum atomic E-state index is 5.65. The van der Waals surface area contributed by atoms with Crippen LogP contribution in [0.15, 0.2) is 35.3 Å². The molecule has 0 aromatic heterocycles. The summed E-state index contributed by atoms with van der Waals surface area (Å²) in [6.07, 6.45) is 2.63. The Hall–Kier alpha value is -1.55. The van der Waals surface area contributed by atoms with Crippen molar-refractivity contribution in [2.24, 2.45) is 4.99 Å². The van der Waals surface area contributed by atoms with Crippen LogP contribution in [0.25, 0.3) is 0 Å². The Bertz CT molecular complexity index is 464. The average Bonchev–Trinajstić information content (AvgIpc) is 3.04. The summed E-state index contributed by atoms with van der Waals surface area (Å²) >= 11 is 0. The zero-order valence-electron chi connectivity index (χ0n) is 14.1. The van der Waals surface area contributed by atoms with Gasteiger partial charge in [0.05, 0.1) is 12.6 Å². The first-order chi connectivity index (χ1) is 10.6. The molecule has 1 aliphatic rings. The fourth-order valence-corrected chi connectivity index (χ4v) is 2.61. The second-order valence-corrected chi connectivity index (χ2v) is 6.46. The van der Waals surface area contributed by atoms with Gasteiger partial charge in [-0.1, -0.05) is 44.2 Å². The van der Waals surface area contributed by atoms with Crippen molar-refractivity contribution < 1.29 is 4.74 Å². The molecular formula is C18H29N3O. The highest BCUT2D eigenvalue weighted by molar-refractivity contribution is 5.79. The van der Waals surface area contributed by atoms with Crippen LogP contribution >= 0.6 is 0 Å². The highest BCUT2D eigenvalue weighted by Crippen LogP contribution is 2.22. The van der Waals surface area contributed by atoms with Crippen LogP contribution in [0.1, 0.15) is 39.2 Å². The van der Waals surface area contributed by atoms with Crippen LogP contribution in [0.2, 0.25) is 0 Å². The van der Waals surface area contributed by atoms with E-state index in [0.29, 0.717) is 6.10 Å². The topological polar surface area (TPSA) is 45.7 Å². The van der Waals surface area contributed by atoms with Crippen molar-refractivity contribution in [3.63, 3.8) is 0 Å².